The van der Waals surface area contributed by atoms with E-state index < -0.39 is 0 Å². The molecule has 3 nitrogen and oxygen atoms in total. The highest BCUT2D eigenvalue weighted by Gasteiger charge is 2.22. The third-order valence-electron chi connectivity index (χ3n) is 5.69. The zero-order chi connectivity index (χ0) is 22.6. The Kier molecular flexibility index (Phi) is 10.8. The Balaban J connectivity index is 2.26. The van der Waals surface area contributed by atoms with Crippen molar-refractivity contribution in [2.45, 2.75) is 97.9 Å². The molecule has 2 rings (SSSR count). The molecule has 0 aliphatic carbocycles. The molecule has 0 bridgehead atoms. The highest BCUT2D eigenvalue weighted by Crippen LogP contribution is 2.30. The molecule has 31 heavy (non-hydrogen) atoms. The minimum absolute atomic E-state index is 0.0130. The molecule has 0 radical (unpaired) electrons. The standard InChI is InChI=1S/C28H40O3/c1-6-8-9-14-27(20-26(7-2)30-22(5)29)31-28(18-15-21(3)4)25-17-16-23-12-10-11-13-24(23)19-25/h10-13,15-17,19,26-28H,6-9,14,18,20H2,1-5H3. The van der Waals surface area contributed by atoms with E-state index in [1.165, 1.54) is 41.7 Å². The first-order valence-electron chi connectivity index (χ1n) is 11.9. The Bertz CT molecular complexity index is 835. The Hall–Kier alpha value is -2.13. The molecule has 0 saturated heterocycles. The van der Waals surface area contributed by atoms with Crippen LogP contribution in [0.4, 0.5) is 0 Å². The summed E-state index contributed by atoms with van der Waals surface area (Å²) in [6.45, 7) is 10.0. The zero-order valence-corrected chi connectivity index (χ0v) is 20.0. The van der Waals surface area contributed by atoms with E-state index in [4.69, 9.17) is 9.47 Å². The van der Waals surface area contributed by atoms with Gasteiger partial charge in [-0.1, -0.05) is 81.2 Å². The number of carbonyl (C=O) groups excluding carboxylic acids is 1. The number of hydrogen-bond acceptors (Lipinski definition) is 3. The van der Waals surface area contributed by atoms with Gasteiger partial charge in [-0.2, -0.15) is 0 Å². The molecule has 2 aromatic carbocycles. The number of fused-ring (bicyclic) bond motifs is 1. The molecule has 0 fully saturated rings. The van der Waals surface area contributed by atoms with Gasteiger partial charge in [-0.05, 0) is 55.5 Å². The fraction of sp³-hybridized carbons (Fsp3) is 0.536. The van der Waals surface area contributed by atoms with E-state index in [0.29, 0.717) is 0 Å². The highest BCUT2D eigenvalue weighted by molar-refractivity contribution is 5.83. The van der Waals surface area contributed by atoms with Crippen molar-refractivity contribution in [1.29, 1.82) is 0 Å². The molecular weight excluding hydrogens is 384 g/mol. The number of rotatable bonds is 13. The van der Waals surface area contributed by atoms with Crippen LogP contribution in [0.3, 0.4) is 0 Å². The maximum atomic E-state index is 11.5. The van der Waals surface area contributed by atoms with Gasteiger partial charge in [0.05, 0.1) is 12.2 Å². The van der Waals surface area contributed by atoms with Crippen molar-refractivity contribution < 1.29 is 14.3 Å². The number of carbonyl (C=O) groups is 1. The largest absolute Gasteiger partial charge is 0.462 e. The third kappa shape index (κ3) is 8.86. The Morgan fingerprint density at radius 2 is 1.71 bits per heavy atom. The van der Waals surface area contributed by atoms with E-state index in [1.54, 1.807) is 0 Å². The minimum Gasteiger partial charge on any atom is -0.462 e. The number of benzene rings is 2. The summed E-state index contributed by atoms with van der Waals surface area (Å²) in [5.74, 6) is -0.213. The van der Waals surface area contributed by atoms with Crippen LogP contribution in [0.5, 0.6) is 0 Å². The molecular formula is C28H40O3. The SMILES string of the molecule is CCCCCC(CC(CC)OC(C)=O)OC(CC=C(C)C)c1ccc2ccccc2c1. The average molecular weight is 425 g/mol. The first kappa shape index (κ1) is 25.1. The molecule has 0 spiro atoms. The molecule has 3 atom stereocenters. The van der Waals surface area contributed by atoms with E-state index in [0.717, 1.165) is 32.1 Å². The van der Waals surface area contributed by atoms with Gasteiger partial charge in [0.15, 0.2) is 0 Å². The summed E-state index contributed by atoms with van der Waals surface area (Å²) in [5, 5.41) is 2.48. The van der Waals surface area contributed by atoms with Gasteiger partial charge in [0.2, 0.25) is 0 Å². The molecule has 0 aliphatic rings. The summed E-state index contributed by atoms with van der Waals surface area (Å²) in [4.78, 5) is 11.5. The Morgan fingerprint density at radius 1 is 0.968 bits per heavy atom. The van der Waals surface area contributed by atoms with Gasteiger partial charge in [0.25, 0.3) is 0 Å². The fourth-order valence-corrected chi connectivity index (χ4v) is 3.94. The summed E-state index contributed by atoms with van der Waals surface area (Å²) in [6.07, 6.45) is 9.11. The molecule has 3 heteroatoms. The van der Waals surface area contributed by atoms with Gasteiger partial charge in [-0.3, -0.25) is 4.79 Å². The lowest BCUT2D eigenvalue weighted by Crippen LogP contribution is -2.26. The van der Waals surface area contributed by atoms with Crippen molar-refractivity contribution in [3.63, 3.8) is 0 Å². The van der Waals surface area contributed by atoms with Crippen molar-refractivity contribution in [3.05, 3.63) is 59.7 Å². The van der Waals surface area contributed by atoms with E-state index in [-0.39, 0.29) is 24.3 Å². The lowest BCUT2D eigenvalue weighted by atomic mass is 9.99. The van der Waals surface area contributed by atoms with Crippen LogP contribution in [-0.4, -0.2) is 18.2 Å². The molecule has 0 amide bonds. The second-order valence-corrected chi connectivity index (χ2v) is 8.74. The lowest BCUT2D eigenvalue weighted by molar-refractivity contribution is -0.149. The van der Waals surface area contributed by atoms with Crippen LogP contribution in [-0.2, 0) is 14.3 Å². The van der Waals surface area contributed by atoms with Crippen molar-refractivity contribution in [2.24, 2.45) is 0 Å². The Labute approximate surface area is 188 Å². The molecule has 0 N–H and O–H groups in total. The van der Waals surface area contributed by atoms with Gasteiger partial charge in [0.1, 0.15) is 6.10 Å². The maximum Gasteiger partial charge on any atom is 0.302 e. The Morgan fingerprint density at radius 3 is 2.35 bits per heavy atom. The predicted octanol–water partition coefficient (Wildman–Crippen LogP) is 7.93. The molecule has 0 aliphatic heterocycles. The predicted molar refractivity (Wildman–Crippen MR) is 130 cm³/mol. The van der Waals surface area contributed by atoms with E-state index in [9.17, 15) is 4.79 Å². The number of allylic oxidation sites excluding steroid dienone is 1. The zero-order valence-electron chi connectivity index (χ0n) is 20.0. The fourth-order valence-electron chi connectivity index (χ4n) is 3.94. The average Bonchev–Trinajstić information content (AvgIpc) is 2.75. The van der Waals surface area contributed by atoms with Gasteiger partial charge in [0, 0.05) is 13.3 Å². The quantitative estimate of drug-likeness (QED) is 0.186. The molecule has 0 aromatic heterocycles. The number of esters is 1. The number of ether oxygens (including phenoxy) is 2. The van der Waals surface area contributed by atoms with Crippen LogP contribution in [0.15, 0.2) is 54.1 Å². The second kappa shape index (κ2) is 13.3. The first-order chi connectivity index (χ1) is 14.9. The van der Waals surface area contributed by atoms with Crippen LogP contribution >= 0.6 is 0 Å². The highest BCUT2D eigenvalue weighted by atomic mass is 16.5. The van der Waals surface area contributed by atoms with Crippen LogP contribution in [0.2, 0.25) is 0 Å². The first-order valence-corrected chi connectivity index (χ1v) is 11.9. The van der Waals surface area contributed by atoms with Gasteiger partial charge in [-0.25, -0.2) is 0 Å². The smallest absolute Gasteiger partial charge is 0.302 e. The van der Waals surface area contributed by atoms with Crippen LogP contribution in [0.1, 0.15) is 91.2 Å². The van der Waals surface area contributed by atoms with Crippen molar-refractivity contribution >= 4 is 16.7 Å². The maximum absolute atomic E-state index is 11.5. The monoisotopic (exact) mass is 424 g/mol. The van der Waals surface area contributed by atoms with Crippen LogP contribution in [0, 0.1) is 0 Å². The van der Waals surface area contributed by atoms with Crippen LogP contribution < -0.4 is 0 Å². The topological polar surface area (TPSA) is 35.5 Å². The van der Waals surface area contributed by atoms with E-state index >= 15 is 0 Å². The molecule has 2 aromatic rings. The van der Waals surface area contributed by atoms with E-state index in [2.05, 4.69) is 76.2 Å². The lowest BCUT2D eigenvalue weighted by Gasteiger charge is -2.28. The second-order valence-electron chi connectivity index (χ2n) is 8.74. The summed E-state index contributed by atoms with van der Waals surface area (Å²) in [5.41, 5.74) is 2.50. The molecule has 170 valence electrons. The van der Waals surface area contributed by atoms with Gasteiger partial charge >= 0.3 is 5.97 Å². The van der Waals surface area contributed by atoms with Crippen LogP contribution in [0.25, 0.3) is 10.8 Å². The van der Waals surface area contributed by atoms with Crippen molar-refractivity contribution in [3.8, 4) is 0 Å². The molecule has 0 saturated carbocycles. The third-order valence-corrected chi connectivity index (χ3v) is 5.69. The number of hydrogen-bond donors (Lipinski definition) is 0. The normalized spacial score (nSPS) is 14.1. The summed E-state index contributed by atoms with van der Waals surface area (Å²) >= 11 is 0. The van der Waals surface area contributed by atoms with E-state index in [1.807, 2.05) is 0 Å². The summed E-state index contributed by atoms with van der Waals surface area (Å²) in [7, 11) is 0. The van der Waals surface area contributed by atoms with Gasteiger partial charge in [-0.15, -0.1) is 0 Å². The van der Waals surface area contributed by atoms with Gasteiger partial charge < -0.3 is 9.47 Å². The summed E-state index contributed by atoms with van der Waals surface area (Å²) < 4.78 is 12.3. The van der Waals surface area contributed by atoms with Crippen molar-refractivity contribution in [2.75, 3.05) is 0 Å². The molecule has 0 heterocycles. The summed E-state index contributed by atoms with van der Waals surface area (Å²) in [6, 6.07) is 15.1. The number of unbranched alkanes of at least 4 members (excludes halogenated alkanes) is 2. The molecule has 3 unspecified atom stereocenters. The minimum atomic E-state index is -0.213. The van der Waals surface area contributed by atoms with Crippen molar-refractivity contribution in [1.82, 2.24) is 0 Å².